The lowest BCUT2D eigenvalue weighted by molar-refractivity contribution is -0.139. The summed E-state index contributed by atoms with van der Waals surface area (Å²) in [5, 5.41) is 9.79. The Morgan fingerprint density at radius 1 is 0.762 bits per heavy atom. The second-order valence-electron chi connectivity index (χ2n) is 10.7. The number of hydrogen-bond acceptors (Lipinski definition) is 11. The predicted molar refractivity (Wildman–Crippen MR) is 154 cm³/mol. The summed E-state index contributed by atoms with van der Waals surface area (Å²) in [6.07, 6.45) is -1.95. The summed E-state index contributed by atoms with van der Waals surface area (Å²) in [6, 6.07) is 2.74. The smallest absolute Gasteiger partial charge is 0.480 e. The van der Waals surface area contributed by atoms with Gasteiger partial charge in [-0.05, 0) is 49.8 Å². The third-order valence-corrected chi connectivity index (χ3v) is 7.24. The second-order valence-corrected chi connectivity index (χ2v) is 10.7. The zero-order chi connectivity index (χ0) is 32.0. The Morgan fingerprint density at radius 2 is 1.29 bits per heavy atom. The van der Waals surface area contributed by atoms with Gasteiger partial charge in [-0.15, -0.1) is 0 Å². The van der Waals surface area contributed by atoms with Crippen molar-refractivity contribution in [1.82, 2.24) is 0 Å². The van der Waals surface area contributed by atoms with E-state index in [1.807, 2.05) is 34.6 Å². The van der Waals surface area contributed by atoms with Crippen LogP contribution < -0.4 is 15.2 Å². The SMILES string of the molecule is CCC(C)COC(=O)Oc1ccc(C(C(C)C(C)OC(=O)OC(C)CC)[C@H](N)C(=O)O)cc1OC(=O)OCC(C)CC. The summed E-state index contributed by atoms with van der Waals surface area (Å²) in [7, 11) is 0. The normalized spacial score (nSPS) is 16.0. The summed E-state index contributed by atoms with van der Waals surface area (Å²) >= 11 is 0. The van der Waals surface area contributed by atoms with Crippen LogP contribution in [-0.4, -0.2) is 61.0 Å². The summed E-state index contributed by atoms with van der Waals surface area (Å²) in [5.41, 5.74) is 6.43. The molecule has 12 heteroatoms. The molecule has 1 aromatic rings. The van der Waals surface area contributed by atoms with Gasteiger partial charge in [-0.1, -0.05) is 60.5 Å². The van der Waals surface area contributed by atoms with Crippen molar-refractivity contribution >= 4 is 24.4 Å². The molecule has 0 aliphatic heterocycles. The molecular weight excluding hydrogens is 550 g/mol. The predicted octanol–water partition coefficient (Wildman–Crippen LogP) is 6.28. The van der Waals surface area contributed by atoms with Crippen LogP contribution in [0.3, 0.4) is 0 Å². The Morgan fingerprint density at radius 3 is 1.76 bits per heavy atom. The zero-order valence-electron chi connectivity index (χ0n) is 25.9. The van der Waals surface area contributed by atoms with Gasteiger partial charge in [0.2, 0.25) is 0 Å². The van der Waals surface area contributed by atoms with Crippen LogP contribution in [0.5, 0.6) is 11.5 Å². The fourth-order valence-corrected chi connectivity index (χ4v) is 3.61. The number of rotatable bonds is 16. The molecule has 1 rings (SSSR count). The van der Waals surface area contributed by atoms with Crippen molar-refractivity contribution in [1.29, 1.82) is 0 Å². The maximum Gasteiger partial charge on any atom is 0.513 e. The lowest BCUT2D eigenvalue weighted by Gasteiger charge is -2.31. The summed E-state index contributed by atoms with van der Waals surface area (Å²) in [4.78, 5) is 49.1. The largest absolute Gasteiger partial charge is 0.513 e. The van der Waals surface area contributed by atoms with Crippen LogP contribution in [0.1, 0.15) is 86.1 Å². The van der Waals surface area contributed by atoms with E-state index in [1.54, 1.807) is 20.8 Å². The molecule has 0 saturated heterocycles. The Hall–Kier alpha value is -3.54. The van der Waals surface area contributed by atoms with Crippen molar-refractivity contribution in [2.24, 2.45) is 23.5 Å². The van der Waals surface area contributed by atoms with Crippen molar-refractivity contribution in [2.45, 2.75) is 98.8 Å². The van der Waals surface area contributed by atoms with Crippen molar-refractivity contribution in [2.75, 3.05) is 13.2 Å². The highest BCUT2D eigenvalue weighted by molar-refractivity contribution is 5.75. The Balaban J connectivity index is 3.39. The van der Waals surface area contributed by atoms with E-state index in [1.165, 1.54) is 18.2 Å². The van der Waals surface area contributed by atoms with Crippen LogP contribution in [0.4, 0.5) is 14.4 Å². The molecule has 3 N–H and O–H groups in total. The highest BCUT2D eigenvalue weighted by Crippen LogP contribution is 2.37. The molecule has 12 nitrogen and oxygen atoms in total. The van der Waals surface area contributed by atoms with Gasteiger partial charge in [-0.3, -0.25) is 4.79 Å². The first kappa shape index (κ1) is 36.5. The molecule has 42 heavy (non-hydrogen) atoms. The number of carboxylic acids is 1. The van der Waals surface area contributed by atoms with E-state index in [2.05, 4.69) is 0 Å². The highest BCUT2D eigenvalue weighted by atomic mass is 16.7. The number of aliphatic carboxylic acids is 1. The lowest BCUT2D eigenvalue weighted by Crippen LogP contribution is -2.42. The molecule has 0 amide bonds. The number of carbonyl (C=O) groups is 4. The quantitative estimate of drug-likeness (QED) is 0.124. The van der Waals surface area contributed by atoms with Crippen LogP contribution >= 0.6 is 0 Å². The minimum atomic E-state index is -1.44. The van der Waals surface area contributed by atoms with Crippen molar-refractivity contribution in [3.05, 3.63) is 23.8 Å². The summed E-state index contributed by atoms with van der Waals surface area (Å²) in [6.45, 7) is 14.8. The van der Waals surface area contributed by atoms with Gasteiger partial charge in [0, 0.05) is 11.8 Å². The van der Waals surface area contributed by atoms with E-state index in [-0.39, 0.29) is 42.7 Å². The van der Waals surface area contributed by atoms with Gasteiger partial charge in [-0.25, -0.2) is 14.4 Å². The molecule has 0 heterocycles. The average molecular weight is 598 g/mol. The van der Waals surface area contributed by atoms with Crippen LogP contribution in [0, 0.1) is 17.8 Å². The molecule has 0 spiro atoms. The maximum atomic E-state index is 12.5. The molecule has 6 unspecified atom stereocenters. The molecule has 0 fully saturated rings. The van der Waals surface area contributed by atoms with Gasteiger partial charge in [0.05, 0.1) is 13.2 Å². The maximum absolute atomic E-state index is 12.5. The first-order chi connectivity index (χ1) is 19.7. The molecule has 0 radical (unpaired) electrons. The number of nitrogens with two attached hydrogens (primary N) is 1. The second kappa shape index (κ2) is 18.1. The van der Waals surface area contributed by atoms with Gasteiger partial charge in [-0.2, -0.15) is 0 Å². The van der Waals surface area contributed by atoms with Crippen LogP contribution in [0.15, 0.2) is 18.2 Å². The highest BCUT2D eigenvalue weighted by Gasteiger charge is 2.36. The van der Waals surface area contributed by atoms with Crippen molar-refractivity contribution in [3.63, 3.8) is 0 Å². The molecule has 0 aromatic heterocycles. The van der Waals surface area contributed by atoms with Crippen LogP contribution in [-0.2, 0) is 23.7 Å². The average Bonchev–Trinajstić information content (AvgIpc) is 2.95. The number of carbonyl (C=O) groups excluding carboxylic acids is 3. The topological polar surface area (TPSA) is 170 Å². The van der Waals surface area contributed by atoms with E-state index in [0.717, 1.165) is 12.8 Å². The third kappa shape index (κ3) is 12.1. The Bertz CT molecular complexity index is 1030. The monoisotopic (exact) mass is 597 g/mol. The molecule has 7 atom stereocenters. The van der Waals surface area contributed by atoms with Crippen LogP contribution in [0.25, 0.3) is 0 Å². The van der Waals surface area contributed by atoms with Gasteiger partial charge < -0.3 is 39.3 Å². The molecule has 238 valence electrons. The molecule has 0 saturated carbocycles. The first-order valence-corrected chi connectivity index (χ1v) is 14.4. The van der Waals surface area contributed by atoms with Gasteiger partial charge in [0.15, 0.2) is 11.5 Å². The van der Waals surface area contributed by atoms with E-state index in [4.69, 9.17) is 34.2 Å². The molecule has 0 aliphatic carbocycles. The first-order valence-electron chi connectivity index (χ1n) is 14.4. The number of carboxylic acid groups (broad SMARTS) is 1. The van der Waals surface area contributed by atoms with Crippen molar-refractivity contribution < 1.29 is 52.7 Å². The summed E-state index contributed by atoms with van der Waals surface area (Å²) < 4.78 is 31.6. The Kier molecular flexibility index (Phi) is 15.7. The number of ether oxygens (including phenoxy) is 6. The van der Waals surface area contributed by atoms with E-state index in [0.29, 0.717) is 12.0 Å². The van der Waals surface area contributed by atoms with E-state index >= 15 is 0 Å². The fraction of sp³-hybridized carbons (Fsp3) is 0.667. The molecule has 1 aromatic carbocycles. The standard InChI is InChI=1S/C30H47NO11/c1-9-17(4)15-37-28(34)41-23-13-12-22(14-24(23)42-29(35)38-16-18(5)10-2)25(26(31)27(32)33)20(7)21(8)40-30(36)39-19(6)11-3/h12-14,17-21,25-26H,9-11,15-16,31H2,1-8H3,(H,32,33)/t17?,18?,19?,20?,21?,25?,26-/m0/s1. The van der Waals surface area contributed by atoms with Gasteiger partial charge in [0.25, 0.3) is 0 Å². The minimum absolute atomic E-state index is 0.0856. The van der Waals surface area contributed by atoms with Gasteiger partial charge in [0.1, 0.15) is 18.2 Å². The molecular formula is C30H47NO11. The molecule has 0 bridgehead atoms. The Labute approximate surface area is 248 Å². The number of benzene rings is 1. The van der Waals surface area contributed by atoms with Gasteiger partial charge >= 0.3 is 24.4 Å². The fourth-order valence-electron chi connectivity index (χ4n) is 3.61. The van der Waals surface area contributed by atoms with E-state index in [9.17, 15) is 24.3 Å². The number of hydrogen-bond donors (Lipinski definition) is 2. The zero-order valence-corrected chi connectivity index (χ0v) is 25.9. The lowest BCUT2D eigenvalue weighted by atomic mass is 9.79. The third-order valence-electron chi connectivity index (χ3n) is 7.24. The minimum Gasteiger partial charge on any atom is -0.480 e. The van der Waals surface area contributed by atoms with Crippen molar-refractivity contribution in [3.8, 4) is 11.5 Å². The molecule has 0 aliphatic rings. The van der Waals surface area contributed by atoms with Crippen LogP contribution in [0.2, 0.25) is 0 Å². The summed E-state index contributed by atoms with van der Waals surface area (Å²) in [5.74, 6) is -3.03. The van der Waals surface area contributed by atoms with E-state index < -0.39 is 48.4 Å².